The van der Waals surface area contributed by atoms with Gasteiger partial charge < -0.3 is 0 Å². The maximum absolute atomic E-state index is 3.00. The highest BCUT2D eigenvalue weighted by molar-refractivity contribution is 5.34. The highest BCUT2D eigenvalue weighted by atomic mass is 14.1. The molecule has 0 unspecified atom stereocenters. The van der Waals surface area contributed by atoms with Gasteiger partial charge in [0.25, 0.3) is 0 Å². The molecule has 0 spiro atoms. The van der Waals surface area contributed by atoms with Gasteiger partial charge in [-0.15, -0.1) is 13.2 Å². The fraction of sp³-hybridized carbons (Fsp3) is 0.556. The van der Waals surface area contributed by atoms with Crippen molar-refractivity contribution >= 4 is 0 Å². The van der Waals surface area contributed by atoms with Crippen LogP contribution in [0.4, 0.5) is 0 Å². The van der Waals surface area contributed by atoms with Gasteiger partial charge in [-0.1, -0.05) is 58.7 Å². The van der Waals surface area contributed by atoms with Gasteiger partial charge in [0.15, 0.2) is 0 Å². The van der Waals surface area contributed by atoms with E-state index < -0.39 is 0 Å². The summed E-state index contributed by atoms with van der Waals surface area (Å²) < 4.78 is 0. The molecule has 1 aromatic rings. The molecule has 104 valence electrons. The highest BCUT2D eigenvalue weighted by Crippen LogP contribution is 2.17. The Kier molecular flexibility index (Phi) is 15.0. The summed E-state index contributed by atoms with van der Waals surface area (Å²) in [6, 6.07) is 6.69. The fourth-order valence-corrected chi connectivity index (χ4v) is 2.00. The second-order valence-electron chi connectivity index (χ2n) is 4.02. The normalized spacial score (nSPS) is 8.72. The van der Waals surface area contributed by atoms with E-state index in [4.69, 9.17) is 0 Å². The fourth-order valence-electron chi connectivity index (χ4n) is 2.00. The summed E-state index contributed by atoms with van der Waals surface area (Å²) in [5, 5.41) is 0. The van der Waals surface area contributed by atoms with Crippen molar-refractivity contribution < 1.29 is 0 Å². The average molecular weight is 248 g/mol. The SMILES string of the molecule is C=C.CC.CCCCCc1c(C)cccc1CC. The largest absolute Gasteiger partial charge is 0.106 e. The van der Waals surface area contributed by atoms with Crippen LogP contribution in [0.5, 0.6) is 0 Å². The minimum absolute atomic E-state index is 1.17. The molecule has 0 atom stereocenters. The predicted octanol–water partition coefficient (Wildman–Crippen LogP) is 6.12. The molecule has 0 bridgehead atoms. The van der Waals surface area contributed by atoms with E-state index in [1.54, 1.807) is 11.1 Å². The first-order valence-corrected chi connectivity index (χ1v) is 7.37. The van der Waals surface area contributed by atoms with Crippen LogP contribution in [0.2, 0.25) is 0 Å². The van der Waals surface area contributed by atoms with Crippen LogP contribution in [0, 0.1) is 6.92 Å². The third kappa shape index (κ3) is 7.32. The molecule has 0 amide bonds. The van der Waals surface area contributed by atoms with Crippen LogP contribution >= 0.6 is 0 Å². The van der Waals surface area contributed by atoms with E-state index >= 15 is 0 Å². The van der Waals surface area contributed by atoms with Gasteiger partial charge in [-0.25, -0.2) is 0 Å². The van der Waals surface area contributed by atoms with Crippen LogP contribution < -0.4 is 0 Å². The molecule has 0 fully saturated rings. The van der Waals surface area contributed by atoms with E-state index in [9.17, 15) is 0 Å². The smallest absolute Gasteiger partial charge is 0.0274 e. The van der Waals surface area contributed by atoms with E-state index in [-0.39, 0.29) is 0 Å². The van der Waals surface area contributed by atoms with Gasteiger partial charge in [0, 0.05) is 0 Å². The van der Waals surface area contributed by atoms with Crippen molar-refractivity contribution in [3.05, 3.63) is 48.0 Å². The van der Waals surface area contributed by atoms with Crippen molar-refractivity contribution in [2.45, 2.75) is 66.7 Å². The quantitative estimate of drug-likeness (QED) is 0.435. The molecule has 1 aromatic carbocycles. The monoisotopic (exact) mass is 248 g/mol. The van der Waals surface area contributed by atoms with E-state index in [1.165, 1.54) is 37.7 Å². The lowest BCUT2D eigenvalue weighted by Gasteiger charge is -2.10. The van der Waals surface area contributed by atoms with Crippen LogP contribution in [0.25, 0.3) is 0 Å². The van der Waals surface area contributed by atoms with Crippen LogP contribution in [-0.2, 0) is 12.8 Å². The number of rotatable bonds is 5. The van der Waals surface area contributed by atoms with E-state index in [0.29, 0.717) is 0 Å². The summed E-state index contributed by atoms with van der Waals surface area (Å²) in [6.07, 6.45) is 6.45. The molecule has 0 aliphatic carbocycles. The highest BCUT2D eigenvalue weighted by Gasteiger charge is 2.02. The molecular weight excluding hydrogens is 216 g/mol. The van der Waals surface area contributed by atoms with Crippen molar-refractivity contribution in [1.82, 2.24) is 0 Å². The van der Waals surface area contributed by atoms with Crippen LogP contribution in [-0.4, -0.2) is 0 Å². The molecule has 0 nitrogen and oxygen atoms in total. The molecule has 0 saturated carbocycles. The number of hydrogen-bond donors (Lipinski definition) is 0. The summed E-state index contributed by atoms with van der Waals surface area (Å²) >= 11 is 0. The molecule has 0 heteroatoms. The number of unbranched alkanes of at least 4 members (excludes halogenated alkanes) is 2. The molecule has 0 radical (unpaired) electrons. The molecule has 0 N–H and O–H groups in total. The predicted molar refractivity (Wildman–Crippen MR) is 86.4 cm³/mol. The average Bonchev–Trinajstić information content (AvgIpc) is 2.45. The molecule has 1 rings (SSSR count). The maximum atomic E-state index is 3.00. The Morgan fingerprint density at radius 2 is 1.61 bits per heavy atom. The molecule has 0 heterocycles. The number of hydrogen-bond acceptors (Lipinski definition) is 0. The molecule has 18 heavy (non-hydrogen) atoms. The van der Waals surface area contributed by atoms with Gasteiger partial charge in [0.2, 0.25) is 0 Å². The Hall–Kier alpha value is -1.04. The van der Waals surface area contributed by atoms with Gasteiger partial charge in [-0.3, -0.25) is 0 Å². The van der Waals surface area contributed by atoms with Gasteiger partial charge >= 0.3 is 0 Å². The second kappa shape index (κ2) is 14.0. The Balaban J connectivity index is 0. The molecule has 0 saturated heterocycles. The standard InChI is InChI=1S/C14H22.C2H6.C2H4/c1-4-6-7-11-14-12(3)9-8-10-13(14)5-2;2*1-2/h8-10H,4-7,11H2,1-3H3;1-2H3;1-2H2. The Morgan fingerprint density at radius 3 is 2.11 bits per heavy atom. The van der Waals surface area contributed by atoms with Gasteiger partial charge in [0.05, 0.1) is 0 Å². The maximum Gasteiger partial charge on any atom is -0.0274 e. The Morgan fingerprint density at radius 1 is 1.00 bits per heavy atom. The van der Waals surface area contributed by atoms with Gasteiger partial charge in [0.1, 0.15) is 0 Å². The summed E-state index contributed by atoms with van der Waals surface area (Å²) in [6.45, 7) is 16.7. The van der Waals surface area contributed by atoms with Crippen molar-refractivity contribution in [2.24, 2.45) is 0 Å². The third-order valence-corrected chi connectivity index (χ3v) is 2.92. The third-order valence-electron chi connectivity index (χ3n) is 2.92. The number of aryl methyl sites for hydroxylation is 2. The molecule has 0 aliphatic heterocycles. The zero-order chi connectivity index (χ0) is 14.4. The minimum Gasteiger partial charge on any atom is -0.106 e. The van der Waals surface area contributed by atoms with Crippen LogP contribution in [0.15, 0.2) is 31.4 Å². The van der Waals surface area contributed by atoms with Crippen molar-refractivity contribution in [3.8, 4) is 0 Å². The minimum atomic E-state index is 1.17. The van der Waals surface area contributed by atoms with Gasteiger partial charge in [-0.2, -0.15) is 0 Å². The zero-order valence-corrected chi connectivity index (χ0v) is 13.2. The molecule has 0 aliphatic rings. The zero-order valence-electron chi connectivity index (χ0n) is 13.2. The van der Waals surface area contributed by atoms with Crippen LogP contribution in [0.1, 0.15) is 63.6 Å². The van der Waals surface area contributed by atoms with Crippen molar-refractivity contribution in [1.29, 1.82) is 0 Å². The lowest BCUT2D eigenvalue weighted by atomic mass is 9.95. The lowest BCUT2D eigenvalue weighted by Crippen LogP contribution is -1.96. The summed E-state index contributed by atoms with van der Waals surface area (Å²) in [7, 11) is 0. The Bertz CT molecular complexity index is 286. The summed E-state index contributed by atoms with van der Waals surface area (Å²) in [5.74, 6) is 0. The first-order chi connectivity index (χ1) is 8.79. The van der Waals surface area contributed by atoms with E-state index in [1.807, 2.05) is 13.8 Å². The summed E-state index contributed by atoms with van der Waals surface area (Å²) in [4.78, 5) is 0. The lowest BCUT2D eigenvalue weighted by molar-refractivity contribution is 0.711. The Labute approximate surface area is 115 Å². The first-order valence-electron chi connectivity index (χ1n) is 7.37. The summed E-state index contributed by atoms with van der Waals surface area (Å²) in [5.41, 5.74) is 4.62. The first kappa shape index (κ1) is 19.3. The van der Waals surface area contributed by atoms with Crippen LogP contribution in [0.3, 0.4) is 0 Å². The molecule has 0 aromatic heterocycles. The van der Waals surface area contributed by atoms with Crippen molar-refractivity contribution in [2.75, 3.05) is 0 Å². The second-order valence-corrected chi connectivity index (χ2v) is 4.02. The number of benzene rings is 1. The van der Waals surface area contributed by atoms with E-state index in [0.717, 1.165) is 0 Å². The topological polar surface area (TPSA) is 0 Å². The van der Waals surface area contributed by atoms with Gasteiger partial charge in [-0.05, 0) is 42.9 Å². The van der Waals surface area contributed by atoms with E-state index in [2.05, 4.69) is 52.1 Å². The molecular formula is C18H32. The van der Waals surface area contributed by atoms with Crippen molar-refractivity contribution in [3.63, 3.8) is 0 Å².